The highest BCUT2D eigenvalue weighted by Gasteiger charge is 2.18. The fraction of sp³-hybridized carbons (Fsp3) is 0.680. The third kappa shape index (κ3) is 11.1. The van der Waals surface area contributed by atoms with Gasteiger partial charge in [0.2, 0.25) is 0 Å². The van der Waals surface area contributed by atoms with E-state index < -0.39 is 0 Å². The minimum atomic E-state index is -0.262. The van der Waals surface area contributed by atoms with Gasteiger partial charge in [-0.05, 0) is 43.2 Å². The van der Waals surface area contributed by atoms with Gasteiger partial charge in [-0.2, -0.15) is 0 Å². The van der Waals surface area contributed by atoms with Crippen LogP contribution in [0.15, 0.2) is 18.2 Å². The Kier molecular flexibility index (Phi) is 13.1. The van der Waals surface area contributed by atoms with Gasteiger partial charge in [0.15, 0.2) is 11.5 Å². The van der Waals surface area contributed by atoms with Crippen molar-refractivity contribution in [3.63, 3.8) is 0 Å². The fourth-order valence-corrected chi connectivity index (χ4v) is 3.13. The average Bonchev–Trinajstić information content (AvgIpc) is 2.68. The Labute approximate surface area is 177 Å². The molecule has 0 aromatic heterocycles. The van der Waals surface area contributed by atoms with E-state index in [1.165, 1.54) is 0 Å². The summed E-state index contributed by atoms with van der Waals surface area (Å²) in [5.41, 5.74) is 0.928. The molecular weight excluding hydrogens is 364 g/mol. The number of benzene rings is 1. The van der Waals surface area contributed by atoms with Crippen molar-refractivity contribution in [2.45, 2.75) is 105 Å². The molecule has 0 unspecified atom stereocenters. The predicted molar refractivity (Wildman–Crippen MR) is 118 cm³/mol. The van der Waals surface area contributed by atoms with Crippen molar-refractivity contribution in [2.75, 3.05) is 0 Å². The molecule has 4 nitrogen and oxygen atoms in total. The average molecular weight is 405 g/mol. The molecule has 0 radical (unpaired) electrons. The summed E-state index contributed by atoms with van der Waals surface area (Å²) in [5, 5.41) is 0. The van der Waals surface area contributed by atoms with Crippen molar-refractivity contribution < 1.29 is 19.1 Å². The van der Waals surface area contributed by atoms with Gasteiger partial charge in [-0.1, -0.05) is 78.4 Å². The minimum absolute atomic E-state index is 0.252. The van der Waals surface area contributed by atoms with Gasteiger partial charge in [0.1, 0.15) is 0 Å². The monoisotopic (exact) mass is 404 g/mol. The lowest BCUT2D eigenvalue weighted by Crippen LogP contribution is -2.13. The van der Waals surface area contributed by atoms with E-state index in [1.807, 2.05) is 12.1 Å². The largest absolute Gasteiger partial charge is 0.423 e. The van der Waals surface area contributed by atoms with Gasteiger partial charge in [0.05, 0.1) is 0 Å². The molecule has 0 N–H and O–H groups in total. The molecule has 29 heavy (non-hydrogen) atoms. The predicted octanol–water partition coefficient (Wildman–Crippen LogP) is 7.03. The summed E-state index contributed by atoms with van der Waals surface area (Å²) in [7, 11) is 0. The molecule has 0 saturated heterocycles. The molecule has 0 bridgehead atoms. The quantitative estimate of drug-likeness (QED) is 0.179. The summed E-state index contributed by atoms with van der Waals surface area (Å²) in [6.07, 6.45) is 10.8. The van der Waals surface area contributed by atoms with Crippen LogP contribution >= 0.6 is 0 Å². The minimum Gasteiger partial charge on any atom is -0.423 e. The summed E-state index contributed by atoms with van der Waals surface area (Å²) >= 11 is 0. The second-order valence-corrected chi connectivity index (χ2v) is 8.25. The maximum absolute atomic E-state index is 12.4. The number of unbranched alkanes of at least 4 members (excludes halogenated alkanes) is 6. The highest BCUT2D eigenvalue weighted by molar-refractivity contribution is 5.76. The summed E-state index contributed by atoms with van der Waals surface area (Å²) in [5.74, 6) is 0.822. The van der Waals surface area contributed by atoms with Crippen LogP contribution in [0.3, 0.4) is 0 Å². The number of rotatable bonds is 15. The van der Waals surface area contributed by atoms with Crippen LogP contribution in [0.5, 0.6) is 11.5 Å². The normalized spacial score (nSPS) is 10.9. The number of esters is 2. The smallest absolute Gasteiger partial charge is 0.311 e. The van der Waals surface area contributed by atoms with Crippen LogP contribution in [0.4, 0.5) is 0 Å². The molecule has 0 aliphatic rings. The first kappa shape index (κ1) is 25.2. The van der Waals surface area contributed by atoms with Crippen LogP contribution in [0.2, 0.25) is 0 Å². The molecule has 0 fully saturated rings. The standard InChI is InChI=1S/C25H40O4/c1-5-7-9-11-16-23(26)28-22-15-13-14-21(19-18-20(3)4)25(22)29-24(27)17-12-10-8-6-2/h13-15,20H,5-12,16-19H2,1-4H3. The van der Waals surface area contributed by atoms with Gasteiger partial charge in [0, 0.05) is 12.8 Å². The molecule has 164 valence electrons. The summed E-state index contributed by atoms with van der Waals surface area (Å²) < 4.78 is 11.3. The van der Waals surface area contributed by atoms with E-state index in [4.69, 9.17) is 9.47 Å². The first-order chi connectivity index (χ1) is 14.0. The fourth-order valence-electron chi connectivity index (χ4n) is 3.13. The van der Waals surface area contributed by atoms with Gasteiger partial charge in [-0.15, -0.1) is 0 Å². The first-order valence-electron chi connectivity index (χ1n) is 11.5. The van der Waals surface area contributed by atoms with E-state index >= 15 is 0 Å². The molecule has 1 rings (SSSR count). The highest BCUT2D eigenvalue weighted by atomic mass is 16.6. The lowest BCUT2D eigenvalue weighted by Gasteiger charge is -2.15. The lowest BCUT2D eigenvalue weighted by atomic mass is 10.0. The van der Waals surface area contributed by atoms with Crippen LogP contribution in [0, 0.1) is 5.92 Å². The van der Waals surface area contributed by atoms with Gasteiger partial charge in [-0.25, -0.2) is 0 Å². The maximum atomic E-state index is 12.4. The Hall–Kier alpha value is -1.84. The van der Waals surface area contributed by atoms with Crippen molar-refractivity contribution in [3.8, 4) is 11.5 Å². The van der Waals surface area contributed by atoms with Crippen molar-refractivity contribution in [1.82, 2.24) is 0 Å². The van der Waals surface area contributed by atoms with Gasteiger partial charge < -0.3 is 9.47 Å². The Morgan fingerprint density at radius 2 is 1.41 bits per heavy atom. The van der Waals surface area contributed by atoms with Crippen molar-refractivity contribution in [3.05, 3.63) is 23.8 Å². The third-order valence-electron chi connectivity index (χ3n) is 4.96. The molecule has 0 amide bonds. The number of para-hydroxylation sites is 1. The Bertz CT molecular complexity index is 607. The molecule has 1 aromatic rings. The molecule has 0 heterocycles. The molecule has 1 aromatic carbocycles. The molecular formula is C25H40O4. The van der Waals surface area contributed by atoms with E-state index in [-0.39, 0.29) is 11.9 Å². The van der Waals surface area contributed by atoms with E-state index in [0.29, 0.717) is 30.3 Å². The van der Waals surface area contributed by atoms with Crippen LogP contribution < -0.4 is 9.47 Å². The molecule has 0 spiro atoms. The SMILES string of the molecule is CCCCCCC(=O)Oc1cccc(CCC(C)C)c1OC(=O)CCCCCC. The van der Waals surface area contributed by atoms with Crippen LogP contribution in [0.25, 0.3) is 0 Å². The Morgan fingerprint density at radius 1 is 0.828 bits per heavy atom. The van der Waals surface area contributed by atoms with E-state index in [9.17, 15) is 9.59 Å². The van der Waals surface area contributed by atoms with E-state index in [0.717, 1.165) is 69.8 Å². The number of ether oxygens (including phenoxy) is 2. The highest BCUT2D eigenvalue weighted by Crippen LogP contribution is 2.33. The second kappa shape index (κ2) is 15.1. The van der Waals surface area contributed by atoms with Gasteiger partial charge in [-0.3, -0.25) is 9.59 Å². The van der Waals surface area contributed by atoms with Crippen LogP contribution in [-0.2, 0) is 16.0 Å². The number of carbonyl (C=O) groups is 2. The maximum Gasteiger partial charge on any atom is 0.311 e. The van der Waals surface area contributed by atoms with Crippen LogP contribution in [-0.4, -0.2) is 11.9 Å². The number of carbonyl (C=O) groups excluding carboxylic acids is 2. The third-order valence-corrected chi connectivity index (χ3v) is 4.96. The van der Waals surface area contributed by atoms with Crippen molar-refractivity contribution in [1.29, 1.82) is 0 Å². The Balaban J connectivity index is 2.83. The zero-order valence-electron chi connectivity index (χ0n) is 18.9. The second-order valence-electron chi connectivity index (χ2n) is 8.25. The zero-order chi connectivity index (χ0) is 21.5. The number of hydrogen-bond acceptors (Lipinski definition) is 4. The molecule has 4 heteroatoms. The first-order valence-corrected chi connectivity index (χ1v) is 11.5. The lowest BCUT2D eigenvalue weighted by molar-refractivity contribution is -0.137. The molecule has 0 atom stereocenters. The van der Waals surface area contributed by atoms with Crippen molar-refractivity contribution >= 4 is 11.9 Å². The van der Waals surface area contributed by atoms with Gasteiger partial charge >= 0.3 is 11.9 Å². The van der Waals surface area contributed by atoms with Crippen molar-refractivity contribution in [2.24, 2.45) is 5.92 Å². The summed E-state index contributed by atoms with van der Waals surface area (Å²) in [4.78, 5) is 24.7. The summed E-state index contributed by atoms with van der Waals surface area (Å²) in [6, 6.07) is 5.55. The van der Waals surface area contributed by atoms with Gasteiger partial charge in [0.25, 0.3) is 0 Å². The molecule has 0 aliphatic carbocycles. The molecule has 0 saturated carbocycles. The molecule has 0 aliphatic heterocycles. The Morgan fingerprint density at radius 3 is 1.97 bits per heavy atom. The van der Waals surface area contributed by atoms with E-state index in [2.05, 4.69) is 27.7 Å². The topological polar surface area (TPSA) is 52.6 Å². The zero-order valence-corrected chi connectivity index (χ0v) is 18.9. The van der Waals surface area contributed by atoms with E-state index in [1.54, 1.807) is 6.07 Å². The number of aryl methyl sites for hydroxylation is 1. The number of hydrogen-bond donors (Lipinski definition) is 0. The summed E-state index contributed by atoms with van der Waals surface area (Å²) in [6.45, 7) is 8.62. The van der Waals surface area contributed by atoms with Crippen LogP contribution in [0.1, 0.15) is 104 Å².